The average molecular weight is 512 g/mol. The number of halogens is 1. The topological polar surface area (TPSA) is 167 Å². The summed E-state index contributed by atoms with van der Waals surface area (Å²) in [6, 6.07) is 7.99. The van der Waals surface area contributed by atoms with E-state index in [0.29, 0.717) is 27.5 Å². The van der Waals surface area contributed by atoms with Gasteiger partial charge in [-0.05, 0) is 54.2 Å². The van der Waals surface area contributed by atoms with Crippen LogP contribution in [0.4, 0.5) is 0 Å². The summed E-state index contributed by atoms with van der Waals surface area (Å²) in [5.74, 6) is -6.20. The summed E-state index contributed by atoms with van der Waals surface area (Å²) in [4.78, 5) is 38.5. The van der Waals surface area contributed by atoms with Crippen LogP contribution in [0.5, 0.6) is 11.5 Å². The number of phenolic OH excluding ortho intramolecular Hbond substituents is 1. The lowest BCUT2D eigenvalue weighted by molar-refractivity contribution is -0.144. The van der Waals surface area contributed by atoms with Crippen LogP contribution in [-0.4, -0.2) is 50.6 Å². The van der Waals surface area contributed by atoms with Gasteiger partial charge in [-0.1, -0.05) is 17.7 Å². The molecule has 6 N–H and O–H groups in total. The van der Waals surface area contributed by atoms with E-state index in [2.05, 4.69) is 0 Å². The number of aliphatic hydroxyl groups is 3. The summed E-state index contributed by atoms with van der Waals surface area (Å²) >= 11 is 6.22. The van der Waals surface area contributed by atoms with E-state index in [9.17, 15) is 34.8 Å². The van der Waals surface area contributed by atoms with Gasteiger partial charge in [-0.25, -0.2) is 0 Å². The molecule has 186 valence electrons. The second-order valence-corrected chi connectivity index (χ2v) is 9.68. The molecule has 1 amide bonds. The number of hydrogen-bond donors (Lipinski definition) is 5. The number of fused-ring (bicyclic) bond motifs is 3. The monoisotopic (exact) mass is 511 g/mol. The van der Waals surface area contributed by atoms with Crippen LogP contribution in [0.25, 0.3) is 11.1 Å². The van der Waals surface area contributed by atoms with Gasteiger partial charge in [0.25, 0.3) is 5.91 Å². The number of hydrogen-bond acceptors (Lipinski definition) is 8. The van der Waals surface area contributed by atoms with Gasteiger partial charge in [-0.15, -0.1) is 0 Å². The lowest BCUT2D eigenvalue weighted by Crippen LogP contribution is -2.57. The molecule has 3 aliphatic rings. The van der Waals surface area contributed by atoms with Crippen molar-refractivity contribution in [1.82, 2.24) is 0 Å². The lowest BCUT2D eigenvalue weighted by Gasteiger charge is -2.45. The Morgan fingerprint density at radius 1 is 1.11 bits per heavy atom. The molecule has 0 unspecified atom stereocenters. The van der Waals surface area contributed by atoms with Crippen LogP contribution in [0.2, 0.25) is 5.02 Å². The predicted octanol–water partition coefficient (Wildman–Crippen LogP) is 2.91. The predicted molar refractivity (Wildman–Crippen MR) is 128 cm³/mol. The molecule has 0 saturated carbocycles. The molecule has 0 spiro atoms. The van der Waals surface area contributed by atoms with Crippen molar-refractivity contribution in [2.24, 2.45) is 17.6 Å². The number of ether oxygens (including phenoxy) is 1. The molecular formula is C26H22ClNO8. The number of aliphatic hydroxyl groups excluding tert-OH is 2. The molecule has 0 bridgehead atoms. The summed E-state index contributed by atoms with van der Waals surface area (Å²) in [5.41, 5.74) is 3.20. The van der Waals surface area contributed by atoms with Crippen LogP contribution in [0.15, 0.2) is 53.0 Å². The standard InChI is InChI=1S/C26H22ClNO8/c1-36-18-5-2-12(27)9-14(18)13-3-4-16(29)20-15(13)7-10-6-11-8-17(30)21(25(28)34)24(33)26(11,35)23(32)19(10)22(20)31/h2-5,9-11,29-30,32,35H,6-8H2,1H3,(H2,28,34)/t10-,11+,26+/m1/s1. The van der Waals surface area contributed by atoms with Gasteiger partial charge in [0, 0.05) is 28.5 Å². The number of allylic oxidation sites excluding steroid dienone is 2. The van der Waals surface area contributed by atoms with Gasteiger partial charge < -0.3 is 30.9 Å². The van der Waals surface area contributed by atoms with Gasteiger partial charge in [-0.3, -0.25) is 14.4 Å². The first kappa shape index (κ1) is 23.9. The normalized spacial score (nSPS) is 25.3. The SMILES string of the molecule is COc1ccc(Cl)cc1-c1ccc(O)c2c1C[C@H]1C[C@H]3CC(O)=C(C(N)=O)C(=O)[C@@]3(O)C(O)=C1C2=O. The summed E-state index contributed by atoms with van der Waals surface area (Å²) in [6.45, 7) is 0. The van der Waals surface area contributed by atoms with Crippen LogP contribution in [0.3, 0.4) is 0 Å². The number of ketones is 2. The molecule has 2 aromatic carbocycles. The number of carbonyl (C=O) groups excluding carboxylic acids is 3. The molecular weight excluding hydrogens is 490 g/mol. The first-order chi connectivity index (χ1) is 17.0. The highest BCUT2D eigenvalue weighted by atomic mass is 35.5. The number of methoxy groups -OCH3 is 1. The van der Waals surface area contributed by atoms with E-state index in [1.165, 1.54) is 13.2 Å². The zero-order valence-electron chi connectivity index (χ0n) is 19.0. The molecule has 0 heterocycles. The summed E-state index contributed by atoms with van der Waals surface area (Å²) in [5, 5.41) is 43.8. The number of aromatic hydroxyl groups is 1. The smallest absolute Gasteiger partial charge is 0.255 e. The van der Waals surface area contributed by atoms with Crippen molar-refractivity contribution in [1.29, 1.82) is 0 Å². The van der Waals surface area contributed by atoms with E-state index in [1.807, 2.05) is 0 Å². The Balaban J connectivity index is 1.71. The van der Waals surface area contributed by atoms with E-state index >= 15 is 0 Å². The van der Waals surface area contributed by atoms with Crippen molar-refractivity contribution in [3.63, 3.8) is 0 Å². The number of phenols is 1. The van der Waals surface area contributed by atoms with Crippen molar-refractivity contribution in [3.05, 3.63) is 69.1 Å². The van der Waals surface area contributed by atoms with Gasteiger partial charge in [0.15, 0.2) is 11.4 Å². The third kappa shape index (κ3) is 3.16. The van der Waals surface area contributed by atoms with Crippen LogP contribution in [0.1, 0.15) is 28.8 Å². The van der Waals surface area contributed by atoms with E-state index in [4.69, 9.17) is 22.1 Å². The number of nitrogens with two attached hydrogens (primary N) is 1. The number of benzene rings is 2. The van der Waals surface area contributed by atoms with Crippen LogP contribution in [-0.2, 0) is 16.0 Å². The van der Waals surface area contributed by atoms with Crippen molar-refractivity contribution in [2.75, 3.05) is 7.11 Å². The van der Waals surface area contributed by atoms with Crippen molar-refractivity contribution in [2.45, 2.75) is 24.9 Å². The third-order valence-corrected chi connectivity index (χ3v) is 7.63. The van der Waals surface area contributed by atoms with E-state index in [-0.39, 0.29) is 36.1 Å². The number of rotatable bonds is 3. The fourth-order valence-corrected chi connectivity index (χ4v) is 5.93. The van der Waals surface area contributed by atoms with Gasteiger partial charge in [0.1, 0.15) is 28.6 Å². The first-order valence-corrected chi connectivity index (χ1v) is 11.5. The second kappa shape index (κ2) is 8.11. The summed E-state index contributed by atoms with van der Waals surface area (Å²) < 4.78 is 5.47. The van der Waals surface area contributed by atoms with Crippen molar-refractivity contribution < 1.29 is 39.5 Å². The molecule has 3 atom stereocenters. The molecule has 9 nitrogen and oxygen atoms in total. The zero-order chi connectivity index (χ0) is 26.1. The molecule has 5 rings (SSSR count). The maximum absolute atomic E-state index is 13.7. The highest BCUT2D eigenvalue weighted by Gasteiger charge is 2.59. The third-order valence-electron chi connectivity index (χ3n) is 7.40. The number of Topliss-reactive ketones (excluding diaryl/α,β-unsaturated/α-hetero) is 2. The highest BCUT2D eigenvalue weighted by molar-refractivity contribution is 6.31. The minimum atomic E-state index is -2.60. The van der Waals surface area contributed by atoms with Gasteiger partial charge in [-0.2, -0.15) is 0 Å². The first-order valence-electron chi connectivity index (χ1n) is 11.2. The van der Waals surface area contributed by atoms with Crippen molar-refractivity contribution >= 4 is 29.1 Å². The minimum Gasteiger partial charge on any atom is -0.511 e. The van der Waals surface area contributed by atoms with Crippen molar-refractivity contribution in [3.8, 4) is 22.6 Å². The molecule has 0 saturated heterocycles. The van der Waals surface area contributed by atoms with Gasteiger partial charge in [0.2, 0.25) is 5.78 Å². The number of carbonyl (C=O) groups is 3. The van der Waals surface area contributed by atoms with Crippen LogP contribution >= 0.6 is 11.6 Å². The van der Waals surface area contributed by atoms with Gasteiger partial charge >= 0.3 is 0 Å². The highest BCUT2D eigenvalue weighted by Crippen LogP contribution is 2.52. The average Bonchev–Trinajstić information content (AvgIpc) is 2.81. The Bertz CT molecular complexity index is 1440. The Kier molecular flexibility index (Phi) is 5.38. The Morgan fingerprint density at radius 2 is 1.83 bits per heavy atom. The molecule has 2 aromatic rings. The maximum atomic E-state index is 13.7. The fourth-order valence-electron chi connectivity index (χ4n) is 5.76. The molecule has 0 fully saturated rings. The van der Waals surface area contributed by atoms with E-state index < -0.39 is 52.0 Å². The minimum absolute atomic E-state index is 0.0463. The Hall–Kier alpha value is -3.82. The van der Waals surface area contributed by atoms with E-state index in [1.54, 1.807) is 24.3 Å². The van der Waals surface area contributed by atoms with Gasteiger partial charge in [0.05, 0.1) is 12.7 Å². The molecule has 3 aliphatic carbocycles. The Labute approximate surface area is 210 Å². The largest absolute Gasteiger partial charge is 0.511 e. The van der Waals surface area contributed by atoms with Crippen LogP contribution < -0.4 is 10.5 Å². The molecule has 0 aromatic heterocycles. The molecule has 36 heavy (non-hydrogen) atoms. The number of primary amides is 1. The fraction of sp³-hybridized carbons (Fsp3) is 0.269. The molecule has 0 radical (unpaired) electrons. The molecule has 0 aliphatic heterocycles. The Morgan fingerprint density at radius 3 is 2.50 bits per heavy atom. The lowest BCUT2D eigenvalue weighted by atomic mass is 9.60. The summed E-state index contributed by atoms with van der Waals surface area (Å²) in [6.07, 6.45) is -0.0666. The number of amides is 1. The quantitative estimate of drug-likeness (QED) is 0.392. The van der Waals surface area contributed by atoms with Crippen LogP contribution in [0, 0.1) is 11.8 Å². The summed E-state index contributed by atoms with van der Waals surface area (Å²) in [7, 11) is 1.49. The maximum Gasteiger partial charge on any atom is 0.255 e. The zero-order valence-corrected chi connectivity index (χ0v) is 19.8. The van der Waals surface area contributed by atoms with E-state index in [0.717, 1.165) is 0 Å². The molecule has 10 heteroatoms. The second-order valence-electron chi connectivity index (χ2n) is 9.24.